The van der Waals surface area contributed by atoms with Crippen LogP contribution in [0.2, 0.25) is 5.15 Å². The van der Waals surface area contributed by atoms with E-state index in [-0.39, 0.29) is 23.1 Å². The van der Waals surface area contributed by atoms with Crippen molar-refractivity contribution in [2.75, 3.05) is 12.0 Å². The van der Waals surface area contributed by atoms with Crippen molar-refractivity contribution in [3.8, 4) is 0 Å². The molecule has 144 valence electrons. The van der Waals surface area contributed by atoms with E-state index in [0.29, 0.717) is 0 Å². The van der Waals surface area contributed by atoms with Crippen molar-refractivity contribution in [3.05, 3.63) is 58.5 Å². The molecule has 1 amide bonds. The first-order valence-corrected chi connectivity index (χ1v) is 8.49. The fourth-order valence-electron chi connectivity index (χ4n) is 2.21. The van der Waals surface area contributed by atoms with Crippen molar-refractivity contribution in [3.63, 3.8) is 0 Å². The number of aromatic nitrogens is 1. The predicted octanol–water partition coefficient (Wildman–Crippen LogP) is 4.60. The summed E-state index contributed by atoms with van der Waals surface area (Å²) in [5.41, 5.74) is -0.292. The van der Waals surface area contributed by atoms with Crippen LogP contribution in [0.1, 0.15) is 36.7 Å². The molecular formula is C19H20ClFN2O4. The Hall–Kier alpha value is -2.67. The molecule has 0 saturated heterocycles. The van der Waals surface area contributed by atoms with Crippen LogP contribution in [0, 0.1) is 5.82 Å². The lowest BCUT2D eigenvalue weighted by molar-refractivity contribution is 0.0573. The maximum absolute atomic E-state index is 14.7. The largest absolute Gasteiger partial charge is 0.465 e. The van der Waals surface area contributed by atoms with Crippen molar-refractivity contribution in [1.29, 1.82) is 0 Å². The van der Waals surface area contributed by atoms with E-state index in [1.165, 1.54) is 0 Å². The molecule has 1 aromatic carbocycles. The number of carbonyl (C=O) groups excluding carboxylic acids is 2. The average molecular weight is 395 g/mol. The van der Waals surface area contributed by atoms with Crippen molar-refractivity contribution >= 4 is 29.5 Å². The van der Waals surface area contributed by atoms with Gasteiger partial charge in [0.25, 0.3) is 0 Å². The van der Waals surface area contributed by atoms with Crippen LogP contribution in [0.3, 0.4) is 0 Å². The molecule has 0 radical (unpaired) electrons. The summed E-state index contributed by atoms with van der Waals surface area (Å²) in [5.74, 6) is -2.07. The lowest BCUT2D eigenvalue weighted by Crippen LogP contribution is -2.37. The predicted molar refractivity (Wildman–Crippen MR) is 99.4 cm³/mol. The highest BCUT2D eigenvalue weighted by atomic mass is 35.5. The highest BCUT2D eigenvalue weighted by Crippen LogP contribution is 2.27. The standard InChI is InChI=1S/C19H20ClFN2O4/c1-19(2,3)27-18(25)23(11-12-8-6-5-7-9-12)16-14(21)10-13(15(20)22-16)17(24)26-4/h5-10H,11H2,1-4H3. The molecule has 0 fully saturated rings. The van der Waals surface area contributed by atoms with Gasteiger partial charge in [0.2, 0.25) is 0 Å². The zero-order chi connectivity index (χ0) is 20.2. The van der Waals surface area contributed by atoms with E-state index in [2.05, 4.69) is 9.72 Å². The van der Waals surface area contributed by atoms with Gasteiger partial charge >= 0.3 is 12.1 Å². The number of esters is 1. The third-order valence-corrected chi connectivity index (χ3v) is 3.66. The van der Waals surface area contributed by atoms with E-state index in [0.717, 1.165) is 23.6 Å². The number of halogens is 2. The van der Waals surface area contributed by atoms with Gasteiger partial charge in [0.1, 0.15) is 16.3 Å². The number of hydrogen-bond acceptors (Lipinski definition) is 5. The number of hydrogen-bond donors (Lipinski definition) is 0. The Kier molecular flexibility index (Phi) is 6.38. The maximum atomic E-state index is 14.7. The Morgan fingerprint density at radius 2 is 1.85 bits per heavy atom. The third kappa shape index (κ3) is 5.40. The van der Waals surface area contributed by atoms with Crippen LogP contribution < -0.4 is 4.90 Å². The van der Waals surface area contributed by atoms with Gasteiger partial charge in [-0.15, -0.1) is 0 Å². The van der Waals surface area contributed by atoms with Gasteiger partial charge in [-0.3, -0.25) is 4.90 Å². The Morgan fingerprint density at radius 1 is 1.22 bits per heavy atom. The summed E-state index contributed by atoms with van der Waals surface area (Å²) in [4.78, 5) is 29.3. The van der Waals surface area contributed by atoms with Gasteiger partial charge in [-0.1, -0.05) is 41.9 Å². The van der Waals surface area contributed by atoms with Crippen LogP contribution in [0.25, 0.3) is 0 Å². The van der Waals surface area contributed by atoms with Crippen molar-refractivity contribution in [2.24, 2.45) is 0 Å². The molecule has 2 aromatic rings. The molecule has 0 spiro atoms. The topological polar surface area (TPSA) is 68.7 Å². The quantitative estimate of drug-likeness (QED) is 0.559. The van der Waals surface area contributed by atoms with Crippen LogP contribution in [0.5, 0.6) is 0 Å². The van der Waals surface area contributed by atoms with Gasteiger partial charge in [-0.25, -0.2) is 19.0 Å². The maximum Gasteiger partial charge on any atom is 0.416 e. The molecular weight excluding hydrogens is 375 g/mol. The van der Waals surface area contributed by atoms with Gasteiger partial charge in [0.05, 0.1) is 13.7 Å². The third-order valence-electron chi connectivity index (χ3n) is 3.37. The molecule has 1 aromatic heterocycles. The molecule has 0 unspecified atom stereocenters. The number of rotatable bonds is 4. The summed E-state index contributed by atoms with van der Waals surface area (Å²) < 4.78 is 24.6. The van der Waals surface area contributed by atoms with Crippen molar-refractivity contribution in [2.45, 2.75) is 32.9 Å². The van der Waals surface area contributed by atoms with Gasteiger partial charge in [-0.05, 0) is 32.4 Å². The normalized spacial score (nSPS) is 11.0. The second kappa shape index (κ2) is 8.35. The highest BCUT2D eigenvalue weighted by Gasteiger charge is 2.28. The first-order valence-electron chi connectivity index (χ1n) is 8.11. The van der Waals surface area contributed by atoms with E-state index in [1.807, 2.05) is 6.07 Å². The van der Waals surface area contributed by atoms with E-state index >= 15 is 0 Å². The number of methoxy groups -OCH3 is 1. The number of carbonyl (C=O) groups is 2. The molecule has 27 heavy (non-hydrogen) atoms. The zero-order valence-corrected chi connectivity index (χ0v) is 16.2. The first-order chi connectivity index (χ1) is 12.6. The van der Waals surface area contributed by atoms with E-state index in [9.17, 15) is 14.0 Å². The van der Waals surface area contributed by atoms with Gasteiger partial charge in [0.15, 0.2) is 11.6 Å². The lowest BCUT2D eigenvalue weighted by atomic mass is 10.2. The van der Waals surface area contributed by atoms with Gasteiger partial charge < -0.3 is 9.47 Å². The highest BCUT2D eigenvalue weighted by molar-refractivity contribution is 6.32. The minimum absolute atomic E-state index is 0.00751. The summed E-state index contributed by atoms with van der Waals surface area (Å²) in [6.07, 6.45) is -0.792. The number of benzene rings is 1. The minimum atomic E-state index is -0.901. The summed E-state index contributed by atoms with van der Waals surface area (Å²) in [6, 6.07) is 9.85. The Labute approximate surface area is 161 Å². The SMILES string of the molecule is COC(=O)c1cc(F)c(N(Cc2ccccc2)C(=O)OC(C)(C)C)nc1Cl. The monoisotopic (exact) mass is 394 g/mol. The molecule has 0 aliphatic carbocycles. The molecule has 6 nitrogen and oxygen atoms in total. The molecule has 0 bridgehead atoms. The smallest absolute Gasteiger partial charge is 0.416 e. The molecule has 0 atom stereocenters. The molecule has 0 aliphatic heterocycles. The molecule has 0 N–H and O–H groups in total. The van der Waals surface area contributed by atoms with Crippen LogP contribution in [0.15, 0.2) is 36.4 Å². The van der Waals surface area contributed by atoms with Crippen LogP contribution >= 0.6 is 11.6 Å². The Balaban J connectivity index is 2.48. The van der Waals surface area contributed by atoms with Crippen LogP contribution in [-0.4, -0.2) is 29.8 Å². The lowest BCUT2D eigenvalue weighted by Gasteiger charge is -2.27. The van der Waals surface area contributed by atoms with E-state index in [1.54, 1.807) is 45.0 Å². The first kappa shape index (κ1) is 20.6. The second-order valence-corrected chi connectivity index (χ2v) is 7.03. The number of amides is 1. The molecule has 8 heteroatoms. The summed E-state index contributed by atoms with van der Waals surface area (Å²) >= 11 is 6.00. The van der Waals surface area contributed by atoms with Crippen LogP contribution in [0.4, 0.5) is 15.0 Å². The summed E-state index contributed by atoms with van der Waals surface area (Å²) in [7, 11) is 1.15. The fraction of sp³-hybridized carbons (Fsp3) is 0.316. The van der Waals surface area contributed by atoms with E-state index in [4.69, 9.17) is 16.3 Å². The molecule has 0 saturated carbocycles. The van der Waals surface area contributed by atoms with Gasteiger partial charge in [0, 0.05) is 0 Å². The Morgan fingerprint density at radius 3 is 2.41 bits per heavy atom. The second-order valence-electron chi connectivity index (χ2n) is 6.68. The van der Waals surface area contributed by atoms with Gasteiger partial charge in [-0.2, -0.15) is 0 Å². The van der Waals surface area contributed by atoms with Crippen LogP contribution in [-0.2, 0) is 16.0 Å². The fourth-order valence-corrected chi connectivity index (χ4v) is 2.42. The number of pyridine rings is 1. The summed E-state index contributed by atoms with van der Waals surface area (Å²) in [5, 5.41) is -0.278. The number of anilines is 1. The zero-order valence-electron chi connectivity index (χ0n) is 15.5. The number of nitrogens with zero attached hydrogens (tertiary/aromatic N) is 2. The van der Waals surface area contributed by atoms with Crippen molar-refractivity contribution < 1.29 is 23.5 Å². The van der Waals surface area contributed by atoms with E-state index < -0.39 is 23.5 Å². The average Bonchev–Trinajstić information content (AvgIpc) is 2.60. The number of ether oxygens (including phenoxy) is 2. The van der Waals surface area contributed by atoms with Crippen molar-refractivity contribution in [1.82, 2.24) is 4.98 Å². The summed E-state index contributed by atoms with van der Waals surface area (Å²) in [6.45, 7) is 5.10. The molecule has 0 aliphatic rings. The molecule has 1 heterocycles. The molecule has 2 rings (SSSR count). The Bertz CT molecular complexity index is 838. The minimum Gasteiger partial charge on any atom is -0.465 e.